The number of rotatable bonds is 14. The molecule has 0 aliphatic heterocycles. The highest BCUT2D eigenvalue weighted by atomic mass is 31.2. The number of methoxy groups -OCH3 is 5. The molecule has 1 aromatic heterocycles. The molecule has 4 rings (SSSR count). The molecular weight excluding hydrogens is 563 g/mol. The third-order valence-electron chi connectivity index (χ3n) is 6.50. The van der Waals surface area contributed by atoms with E-state index in [0.29, 0.717) is 67.7 Å². The Bertz CT molecular complexity index is 1600. The Labute approximate surface area is 244 Å². The van der Waals surface area contributed by atoms with Gasteiger partial charge in [0.25, 0.3) is 0 Å². The monoisotopic (exact) mass is 598 g/mol. The molecule has 0 radical (unpaired) electrons. The molecule has 224 valence electrons. The van der Waals surface area contributed by atoms with E-state index in [1.54, 1.807) is 57.4 Å². The number of aromatic amines is 1. The largest absolute Gasteiger partial charge is 0.496 e. The van der Waals surface area contributed by atoms with E-state index in [9.17, 15) is 9.36 Å². The second-order valence-electron chi connectivity index (χ2n) is 8.86. The summed E-state index contributed by atoms with van der Waals surface area (Å²) < 4.78 is 51.8. The Morgan fingerprint density at radius 1 is 0.786 bits per heavy atom. The number of ketones is 1. The SMILES string of the molecule is CCOP(=O)(Nc1cc(-c2[nH]c3cccc(OC)c3c2C(=O)c2cc(OC)c(OC)c(OC)c2)ccc1OC)OCC. The first-order valence-corrected chi connectivity index (χ1v) is 14.7. The molecule has 2 N–H and O–H groups in total. The molecule has 4 aromatic rings. The van der Waals surface area contributed by atoms with Crippen molar-refractivity contribution in [2.75, 3.05) is 53.9 Å². The number of hydrogen-bond donors (Lipinski definition) is 2. The van der Waals surface area contributed by atoms with Crippen LogP contribution in [0, 0.1) is 0 Å². The Hall–Kier alpha value is -4.18. The fourth-order valence-corrected chi connectivity index (χ4v) is 6.08. The van der Waals surface area contributed by atoms with Crippen molar-refractivity contribution in [1.29, 1.82) is 0 Å². The number of aromatic nitrogens is 1. The van der Waals surface area contributed by atoms with Crippen molar-refractivity contribution in [2.45, 2.75) is 13.8 Å². The van der Waals surface area contributed by atoms with Crippen LogP contribution in [0.3, 0.4) is 0 Å². The van der Waals surface area contributed by atoms with E-state index in [2.05, 4.69) is 10.1 Å². The molecule has 1 heterocycles. The topological polar surface area (TPSA) is 127 Å². The standard InChI is InChI=1S/C30H35N2O9P/c1-8-40-42(34,41-9-2)32-21-15-18(13-14-22(21)35-3)28-27(26-20(31-28)11-10-12-23(26)36-4)29(33)19-16-24(37-5)30(39-7)25(17-19)38-6/h10-17,31H,8-9H2,1-7H3,(H,32,34). The van der Waals surface area contributed by atoms with Crippen LogP contribution in [-0.4, -0.2) is 59.5 Å². The molecular formula is C30H35N2O9P. The average molecular weight is 599 g/mol. The summed E-state index contributed by atoms with van der Waals surface area (Å²) in [5, 5.41) is 3.47. The van der Waals surface area contributed by atoms with E-state index in [1.807, 2.05) is 12.1 Å². The van der Waals surface area contributed by atoms with Crippen molar-refractivity contribution in [1.82, 2.24) is 4.98 Å². The van der Waals surface area contributed by atoms with Gasteiger partial charge >= 0.3 is 7.75 Å². The Morgan fingerprint density at radius 2 is 1.40 bits per heavy atom. The molecule has 11 nitrogen and oxygen atoms in total. The van der Waals surface area contributed by atoms with Gasteiger partial charge in [0.05, 0.1) is 76.6 Å². The summed E-state index contributed by atoms with van der Waals surface area (Å²) in [5.41, 5.74) is 2.80. The van der Waals surface area contributed by atoms with Crippen LogP contribution in [0.5, 0.6) is 28.7 Å². The number of carbonyl (C=O) groups excluding carboxylic acids is 1. The summed E-state index contributed by atoms with van der Waals surface area (Å²) in [4.78, 5) is 17.7. The summed E-state index contributed by atoms with van der Waals surface area (Å²) in [6, 6.07) is 13.9. The van der Waals surface area contributed by atoms with Crippen LogP contribution in [0.4, 0.5) is 5.69 Å². The normalized spacial score (nSPS) is 11.3. The van der Waals surface area contributed by atoms with Gasteiger partial charge in [0.1, 0.15) is 11.5 Å². The maximum absolute atomic E-state index is 14.4. The highest BCUT2D eigenvalue weighted by Gasteiger charge is 2.28. The van der Waals surface area contributed by atoms with Crippen LogP contribution in [0.25, 0.3) is 22.2 Å². The first-order valence-electron chi connectivity index (χ1n) is 13.2. The summed E-state index contributed by atoms with van der Waals surface area (Å²) in [6.45, 7) is 3.78. The number of fused-ring (bicyclic) bond motifs is 1. The number of nitrogens with one attached hydrogen (secondary N) is 2. The lowest BCUT2D eigenvalue weighted by molar-refractivity contribution is 0.104. The zero-order valence-electron chi connectivity index (χ0n) is 24.7. The zero-order chi connectivity index (χ0) is 30.4. The summed E-state index contributed by atoms with van der Waals surface area (Å²) in [6.07, 6.45) is 0. The summed E-state index contributed by atoms with van der Waals surface area (Å²) in [7, 11) is 3.81. The quantitative estimate of drug-likeness (QED) is 0.120. The van der Waals surface area contributed by atoms with Gasteiger partial charge in [-0.15, -0.1) is 0 Å². The van der Waals surface area contributed by atoms with Crippen LogP contribution < -0.4 is 28.8 Å². The molecule has 42 heavy (non-hydrogen) atoms. The van der Waals surface area contributed by atoms with Crippen LogP contribution in [-0.2, 0) is 13.6 Å². The van der Waals surface area contributed by atoms with Crippen molar-refractivity contribution in [3.05, 3.63) is 59.7 Å². The lowest BCUT2D eigenvalue weighted by Crippen LogP contribution is -2.07. The van der Waals surface area contributed by atoms with Crippen LogP contribution in [0.15, 0.2) is 48.5 Å². The lowest BCUT2D eigenvalue weighted by atomic mass is 9.96. The van der Waals surface area contributed by atoms with Gasteiger partial charge in [-0.1, -0.05) is 6.07 Å². The second kappa shape index (κ2) is 13.2. The molecule has 0 atom stereocenters. The minimum absolute atomic E-state index is 0.168. The highest BCUT2D eigenvalue weighted by molar-refractivity contribution is 7.55. The summed E-state index contributed by atoms with van der Waals surface area (Å²) in [5.74, 6) is 1.64. The van der Waals surface area contributed by atoms with Crippen molar-refractivity contribution < 1.29 is 42.1 Å². The maximum Gasteiger partial charge on any atom is 0.432 e. The van der Waals surface area contributed by atoms with Crippen LogP contribution in [0.1, 0.15) is 29.8 Å². The molecule has 0 saturated carbocycles. The zero-order valence-corrected chi connectivity index (χ0v) is 25.5. The van der Waals surface area contributed by atoms with Gasteiger partial charge in [-0.2, -0.15) is 0 Å². The number of H-pyrrole nitrogens is 1. The third kappa shape index (κ3) is 5.90. The molecule has 0 amide bonds. The second-order valence-corrected chi connectivity index (χ2v) is 10.6. The molecule has 0 unspecified atom stereocenters. The minimum Gasteiger partial charge on any atom is -0.496 e. The van der Waals surface area contributed by atoms with E-state index in [4.69, 9.17) is 32.7 Å². The van der Waals surface area contributed by atoms with Crippen LogP contribution in [0.2, 0.25) is 0 Å². The van der Waals surface area contributed by atoms with Gasteiger partial charge < -0.3 is 28.7 Å². The van der Waals surface area contributed by atoms with E-state index in [0.717, 1.165) is 0 Å². The Morgan fingerprint density at radius 3 is 1.95 bits per heavy atom. The molecule has 0 bridgehead atoms. The molecule has 12 heteroatoms. The van der Waals surface area contributed by atoms with Gasteiger partial charge in [0, 0.05) is 11.1 Å². The van der Waals surface area contributed by atoms with E-state index in [1.165, 1.54) is 28.4 Å². The number of anilines is 1. The number of benzene rings is 3. The summed E-state index contributed by atoms with van der Waals surface area (Å²) >= 11 is 0. The van der Waals surface area contributed by atoms with Crippen molar-refractivity contribution in [3.63, 3.8) is 0 Å². The fraction of sp³-hybridized carbons (Fsp3) is 0.300. The number of ether oxygens (including phenoxy) is 5. The maximum atomic E-state index is 14.4. The smallest absolute Gasteiger partial charge is 0.432 e. The first kappa shape index (κ1) is 30.8. The van der Waals surface area contributed by atoms with Gasteiger partial charge in [-0.25, -0.2) is 4.57 Å². The fourth-order valence-electron chi connectivity index (χ4n) is 4.73. The molecule has 3 aromatic carbocycles. The Balaban J connectivity index is 1.96. The van der Waals surface area contributed by atoms with Gasteiger partial charge in [-0.05, 0) is 56.3 Å². The molecule has 0 aliphatic carbocycles. The van der Waals surface area contributed by atoms with Gasteiger partial charge in [-0.3, -0.25) is 18.9 Å². The predicted molar refractivity (Wildman–Crippen MR) is 161 cm³/mol. The molecule has 0 fully saturated rings. The number of carbonyl (C=O) groups is 1. The van der Waals surface area contributed by atoms with E-state index in [-0.39, 0.29) is 19.0 Å². The van der Waals surface area contributed by atoms with Crippen molar-refractivity contribution in [3.8, 4) is 40.0 Å². The first-order chi connectivity index (χ1) is 20.3. The molecule has 0 saturated heterocycles. The minimum atomic E-state index is -3.71. The van der Waals surface area contributed by atoms with Gasteiger partial charge in [0.15, 0.2) is 17.3 Å². The van der Waals surface area contributed by atoms with Gasteiger partial charge in [0.2, 0.25) is 5.75 Å². The number of hydrogen-bond acceptors (Lipinski definition) is 9. The van der Waals surface area contributed by atoms with Crippen LogP contribution >= 0.6 is 7.75 Å². The van der Waals surface area contributed by atoms with Crippen molar-refractivity contribution in [2.24, 2.45) is 0 Å². The van der Waals surface area contributed by atoms with E-state index >= 15 is 0 Å². The van der Waals surface area contributed by atoms with Crippen molar-refractivity contribution >= 4 is 30.1 Å². The predicted octanol–water partition coefficient (Wildman–Crippen LogP) is 6.70. The molecule has 0 spiro atoms. The lowest BCUT2D eigenvalue weighted by Gasteiger charge is -2.20. The third-order valence-corrected chi connectivity index (χ3v) is 8.21. The Kier molecular flexibility index (Phi) is 9.67. The van der Waals surface area contributed by atoms with E-state index < -0.39 is 7.75 Å². The molecule has 0 aliphatic rings. The average Bonchev–Trinajstić information content (AvgIpc) is 3.39. The highest BCUT2D eigenvalue weighted by Crippen LogP contribution is 2.50.